The number of aromatic nitrogens is 1. The van der Waals surface area contributed by atoms with Crippen LogP contribution in [0, 0.1) is 0 Å². The lowest BCUT2D eigenvalue weighted by Crippen LogP contribution is -2.36. The Morgan fingerprint density at radius 3 is 2.79 bits per heavy atom. The number of aliphatic hydroxyl groups excluding tert-OH is 1. The van der Waals surface area contributed by atoms with E-state index in [9.17, 15) is 8.78 Å². The number of rotatable bonds is 3. The van der Waals surface area contributed by atoms with E-state index in [0.717, 1.165) is 0 Å². The SMILES string of the molecule is NC(c1cccnc1Cl)C(F)(F)CO. The number of pyridine rings is 1. The number of hydrogen-bond acceptors (Lipinski definition) is 3. The van der Waals surface area contributed by atoms with Crippen LogP contribution in [0.1, 0.15) is 11.6 Å². The van der Waals surface area contributed by atoms with Gasteiger partial charge in [-0.2, -0.15) is 0 Å². The van der Waals surface area contributed by atoms with Crippen molar-refractivity contribution in [1.29, 1.82) is 0 Å². The normalized spacial score (nSPS) is 14.1. The summed E-state index contributed by atoms with van der Waals surface area (Å²) in [6.07, 6.45) is 1.37. The molecule has 0 amide bonds. The highest BCUT2D eigenvalue weighted by Crippen LogP contribution is 2.31. The monoisotopic (exact) mass is 222 g/mol. The average molecular weight is 223 g/mol. The quantitative estimate of drug-likeness (QED) is 0.760. The summed E-state index contributed by atoms with van der Waals surface area (Å²) >= 11 is 5.58. The molecule has 1 aromatic heterocycles. The fraction of sp³-hybridized carbons (Fsp3) is 0.375. The van der Waals surface area contributed by atoms with Crippen LogP contribution in [0.25, 0.3) is 0 Å². The van der Waals surface area contributed by atoms with Gasteiger partial charge in [0.25, 0.3) is 5.92 Å². The molecule has 0 aliphatic rings. The highest BCUT2D eigenvalue weighted by Gasteiger charge is 2.38. The summed E-state index contributed by atoms with van der Waals surface area (Å²) < 4.78 is 25.9. The first kappa shape index (κ1) is 11.3. The lowest BCUT2D eigenvalue weighted by atomic mass is 10.0. The van der Waals surface area contributed by atoms with Crippen molar-refractivity contribution in [3.8, 4) is 0 Å². The molecule has 0 aliphatic heterocycles. The first-order chi connectivity index (χ1) is 6.49. The van der Waals surface area contributed by atoms with Crippen molar-refractivity contribution >= 4 is 11.6 Å². The van der Waals surface area contributed by atoms with Crippen molar-refractivity contribution in [3.05, 3.63) is 29.0 Å². The van der Waals surface area contributed by atoms with Crippen LogP contribution < -0.4 is 5.73 Å². The largest absolute Gasteiger partial charge is 0.390 e. The molecular formula is C8H9ClF2N2O. The van der Waals surface area contributed by atoms with Crippen molar-refractivity contribution in [2.75, 3.05) is 6.61 Å². The fourth-order valence-corrected chi connectivity index (χ4v) is 1.19. The van der Waals surface area contributed by atoms with Crippen LogP contribution in [0.5, 0.6) is 0 Å². The topological polar surface area (TPSA) is 59.1 Å². The number of nitrogens with zero attached hydrogens (tertiary/aromatic N) is 1. The molecule has 0 spiro atoms. The van der Waals surface area contributed by atoms with Gasteiger partial charge in [-0.15, -0.1) is 0 Å². The number of hydrogen-bond donors (Lipinski definition) is 2. The summed E-state index contributed by atoms with van der Waals surface area (Å²) in [5.74, 6) is -3.40. The van der Waals surface area contributed by atoms with Crippen LogP contribution in [0.3, 0.4) is 0 Å². The van der Waals surface area contributed by atoms with Gasteiger partial charge in [-0.25, -0.2) is 13.8 Å². The Kier molecular flexibility index (Phi) is 3.36. The van der Waals surface area contributed by atoms with Crippen molar-refractivity contribution in [2.24, 2.45) is 5.73 Å². The van der Waals surface area contributed by atoms with Crippen LogP contribution in [0.4, 0.5) is 8.78 Å². The number of nitrogens with two attached hydrogens (primary N) is 1. The minimum atomic E-state index is -3.40. The number of aliphatic hydroxyl groups is 1. The molecule has 1 rings (SSSR count). The molecule has 0 fully saturated rings. The van der Waals surface area contributed by atoms with Crippen molar-refractivity contribution in [2.45, 2.75) is 12.0 Å². The van der Waals surface area contributed by atoms with Gasteiger partial charge in [0.15, 0.2) is 0 Å². The Balaban J connectivity index is 3.00. The predicted molar refractivity (Wildman–Crippen MR) is 48.2 cm³/mol. The number of halogens is 3. The first-order valence-electron chi connectivity index (χ1n) is 3.83. The standard InChI is InChI=1S/C8H9ClF2N2O/c9-7-5(2-1-3-13-7)6(12)8(10,11)4-14/h1-3,6,14H,4,12H2. The molecule has 3 N–H and O–H groups in total. The molecule has 0 aromatic carbocycles. The summed E-state index contributed by atoms with van der Waals surface area (Å²) in [7, 11) is 0. The molecule has 1 aromatic rings. The van der Waals surface area contributed by atoms with Gasteiger partial charge >= 0.3 is 0 Å². The van der Waals surface area contributed by atoms with Crippen LogP contribution >= 0.6 is 11.6 Å². The van der Waals surface area contributed by atoms with E-state index in [1.165, 1.54) is 18.3 Å². The van der Waals surface area contributed by atoms with Gasteiger partial charge in [-0.3, -0.25) is 0 Å². The first-order valence-corrected chi connectivity index (χ1v) is 4.21. The van der Waals surface area contributed by atoms with E-state index >= 15 is 0 Å². The van der Waals surface area contributed by atoms with E-state index < -0.39 is 18.6 Å². The highest BCUT2D eigenvalue weighted by atomic mass is 35.5. The summed E-state index contributed by atoms with van der Waals surface area (Å²) in [5, 5.41) is 8.35. The lowest BCUT2D eigenvalue weighted by Gasteiger charge is -2.21. The van der Waals surface area contributed by atoms with Crippen molar-refractivity contribution in [3.63, 3.8) is 0 Å². The third-order valence-corrected chi connectivity index (χ3v) is 2.10. The maximum Gasteiger partial charge on any atom is 0.289 e. The molecule has 0 saturated heterocycles. The van der Waals surface area contributed by atoms with Crippen LogP contribution in [-0.4, -0.2) is 22.6 Å². The van der Waals surface area contributed by atoms with E-state index in [1.807, 2.05) is 0 Å². The highest BCUT2D eigenvalue weighted by molar-refractivity contribution is 6.30. The average Bonchev–Trinajstić information content (AvgIpc) is 2.17. The molecule has 0 bridgehead atoms. The molecule has 6 heteroatoms. The fourth-order valence-electron chi connectivity index (χ4n) is 0.956. The predicted octanol–water partition coefficient (Wildman–Crippen LogP) is 1.36. The molecule has 0 aliphatic carbocycles. The van der Waals surface area contributed by atoms with Gasteiger partial charge in [0.1, 0.15) is 11.8 Å². The smallest absolute Gasteiger partial charge is 0.289 e. The minimum absolute atomic E-state index is 0.0215. The van der Waals surface area contributed by atoms with E-state index in [-0.39, 0.29) is 10.7 Å². The Bertz CT molecular complexity index is 322. The minimum Gasteiger partial charge on any atom is -0.390 e. The van der Waals surface area contributed by atoms with Gasteiger partial charge in [-0.05, 0) is 6.07 Å². The van der Waals surface area contributed by atoms with E-state index in [1.54, 1.807) is 0 Å². The van der Waals surface area contributed by atoms with Gasteiger partial charge in [0.2, 0.25) is 0 Å². The molecular weight excluding hydrogens is 214 g/mol. The van der Waals surface area contributed by atoms with Crippen LogP contribution in [-0.2, 0) is 0 Å². The molecule has 14 heavy (non-hydrogen) atoms. The molecule has 0 radical (unpaired) electrons. The van der Waals surface area contributed by atoms with Crippen LogP contribution in [0.15, 0.2) is 18.3 Å². The molecule has 1 atom stereocenters. The summed E-state index contributed by atoms with van der Waals surface area (Å²) in [6.45, 7) is -1.32. The molecule has 3 nitrogen and oxygen atoms in total. The van der Waals surface area contributed by atoms with E-state index in [0.29, 0.717) is 0 Å². The van der Waals surface area contributed by atoms with E-state index in [2.05, 4.69) is 4.98 Å². The lowest BCUT2D eigenvalue weighted by molar-refractivity contribution is -0.0712. The third kappa shape index (κ3) is 2.17. The van der Waals surface area contributed by atoms with Crippen molar-refractivity contribution in [1.82, 2.24) is 4.98 Å². The zero-order chi connectivity index (χ0) is 10.8. The third-order valence-electron chi connectivity index (χ3n) is 1.79. The summed E-state index contributed by atoms with van der Waals surface area (Å²) in [4.78, 5) is 3.62. The second-order valence-corrected chi connectivity index (χ2v) is 3.14. The Morgan fingerprint density at radius 1 is 1.64 bits per heavy atom. The zero-order valence-corrected chi connectivity index (χ0v) is 7.88. The Hall–Kier alpha value is -0.780. The van der Waals surface area contributed by atoms with Gasteiger partial charge in [0, 0.05) is 11.8 Å². The Morgan fingerprint density at radius 2 is 2.29 bits per heavy atom. The van der Waals surface area contributed by atoms with E-state index in [4.69, 9.17) is 22.4 Å². The van der Waals surface area contributed by atoms with Crippen molar-refractivity contribution < 1.29 is 13.9 Å². The summed E-state index contributed by atoms with van der Waals surface area (Å²) in [6, 6.07) is 1.16. The maximum absolute atomic E-state index is 13.0. The maximum atomic E-state index is 13.0. The van der Waals surface area contributed by atoms with Gasteiger partial charge in [-0.1, -0.05) is 17.7 Å². The zero-order valence-electron chi connectivity index (χ0n) is 7.12. The van der Waals surface area contributed by atoms with Crippen LogP contribution in [0.2, 0.25) is 5.15 Å². The Labute approximate surface area is 84.5 Å². The second-order valence-electron chi connectivity index (χ2n) is 2.78. The molecule has 1 unspecified atom stereocenters. The molecule has 1 heterocycles. The van der Waals surface area contributed by atoms with Gasteiger partial charge < -0.3 is 10.8 Å². The number of alkyl halides is 2. The second kappa shape index (κ2) is 4.16. The van der Waals surface area contributed by atoms with Gasteiger partial charge in [0.05, 0.1) is 6.04 Å². The molecule has 78 valence electrons. The molecule has 0 saturated carbocycles. The summed E-state index contributed by atoms with van der Waals surface area (Å²) in [5.41, 5.74) is 5.27.